The van der Waals surface area contributed by atoms with Gasteiger partial charge in [0.2, 0.25) is 0 Å². The van der Waals surface area contributed by atoms with E-state index in [9.17, 15) is 4.79 Å². The maximum absolute atomic E-state index is 11.5. The van der Waals surface area contributed by atoms with Gasteiger partial charge in [0.15, 0.2) is 0 Å². The zero-order valence-corrected chi connectivity index (χ0v) is 8.88. The van der Waals surface area contributed by atoms with Gasteiger partial charge in [-0.1, -0.05) is 11.6 Å². The lowest BCUT2D eigenvalue weighted by atomic mass is 10.1. The standard InChI is InChI=1S/C11H9ClO3/c1-2-14-11(13)8-3-4-9(12)7-5-6-15-10(7)8/h3-6H,2H2,1H3. The number of fused-ring (bicyclic) bond motifs is 1. The minimum absolute atomic E-state index is 0.337. The van der Waals surface area contributed by atoms with Crippen LogP contribution in [0.3, 0.4) is 0 Å². The van der Waals surface area contributed by atoms with E-state index in [1.807, 2.05) is 0 Å². The molecule has 2 rings (SSSR count). The fourth-order valence-electron chi connectivity index (χ4n) is 1.40. The van der Waals surface area contributed by atoms with Gasteiger partial charge in [-0.15, -0.1) is 0 Å². The summed E-state index contributed by atoms with van der Waals surface area (Å²) < 4.78 is 10.1. The molecule has 0 saturated heterocycles. The third kappa shape index (κ3) is 1.70. The average Bonchev–Trinajstić information content (AvgIpc) is 2.68. The Morgan fingerprint density at radius 2 is 2.27 bits per heavy atom. The highest BCUT2D eigenvalue weighted by Crippen LogP contribution is 2.27. The molecule has 0 saturated carbocycles. The Hall–Kier alpha value is -1.48. The van der Waals surface area contributed by atoms with Crippen molar-refractivity contribution in [2.45, 2.75) is 6.92 Å². The molecular formula is C11H9ClO3. The molecule has 15 heavy (non-hydrogen) atoms. The molecule has 0 aliphatic carbocycles. The van der Waals surface area contributed by atoms with Gasteiger partial charge in [-0.05, 0) is 25.1 Å². The zero-order chi connectivity index (χ0) is 10.8. The number of hydrogen-bond donors (Lipinski definition) is 0. The lowest BCUT2D eigenvalue weighted by Gasteiger charge is -2.02. The largest absolute Gasteiger partial charge is 0.463 e. The van der Waals surface area contributed by atoms with E-state index in [2.05, 4.69) is 0 Å². The summed E-state index contributed by atoms with van der Waals surface area (Å²) in [4.78, 5) is 11.5. The average molecular weight is 225 g/mol. The highest BCUT2D eigenvalue weighted by molar-refractivity contribution is 6.35. The van der Waals surface area contributed by atoms with Crippen molar-refractivity contribution in [2.75, 3.05) is 6.61 Å². The molecule has 0 atom stereocenters. The first-order valence-corrected chi connectivity index (χ1v) is 4.94. The SMILES string of the molecule is CCOC(=O)c1ccc(Cl)c2ccoc12. The van der Waals surface area contributed by atoms with Crippen LogP contribution in [0.15, 0.2) is 28.9 Å². The van der Waals surface area contributed by atoms with Crippen LogP contribution in [0.4, 0.5) is 0 Å². The van der Waals surface area contributed by atoms with Gasteiger partial charge in [-0.25, -0.2) is 4.79 Å². The van der Waals surface area contributed by atoms with Crippen molar-refractivity contribution in [3.8, 4) is 0 Å². The van der Waals surface area contributed by atoms with Crippen LogP contribution in [0.1, 0.15) is 17.3 Å². The lowest BCUT2D eigenvalue weighted by molar-refractivity contribution is 0.0527. The summed E-state index contributed by atoms with van der Waals surface area (Å²) in [6, 6.07) is 4.98. The first-order chi connectivity index (χ1) is 7.24. The molecule has 0 bridgehead atoms. The van der Waals surface area contributed by atoms with Crippen LogP contribution in [0.2, 0.25) is 5.02 Å². The first-order valence-electron chi connectivity index (χ1n) is 4.57. The summed E-state index contributed by atoms with van der Waals surface area (Å²) in [5.74, 6) is -0.394. The molecule has 0 radical (unpaired) electrons. The molecule has 0 spiro atoms. The Kier molecular flexibility index (Phi) is 2.64. The number of benzene rings is 1. The molecule has 4 heteroatoms. The summed E-state index contributed by atoms with van der Waals surface area (Å²) in [5, 5.41) is 1.29. The molecule has 1 aromatic heterocycles. The van der Waals surface area contributed by atoms with Gasteiger partial charge in [0.25, 0.3) is 0 Å². The van der Waals surface area contributed by atoms with E-state index < -0.39 is 5.97 Å². The van der Waals surface area contributed by atoms with E-state index in [0.29, 0.717) is 22.8 Å². The third-order valence-electron chi connectivity index (χ3n) is 2.06. The molecule has 0 N–H and O–H groups in total. The lowest BCUT2D eigenvalue weighted by Crippen LogP contribution is -2.04. The van der Waals surface area contributed by atoms with Crippen LogP contribution in [-0.4, -0.2) is 12.6 Å². The van der Waals surface area contributed by atoms with E-state index in [1.165, 1.54) is 6.26 Å². The summed E-state index contributed by atoms with van der Waals surface area (Å²) >= 11 is 5.94. The van der Waals surface area contributed by atoms with E-state index in [-0.39, 0.29) is 0 Å². The quantitative estimate of drug-likeness (QED) is 0.735. The minimum atomic E-state index is -0.394. The minimum Gasteiger partial charge on any atom is -0.463 e. The first kappa shape index (κ1) is 10.1. The predicted molar refractivity (Wildman–Crippen MR) is 57.2 cm³/mol. The Labute approximate surface area is 91.6 Å². The Bertz CT molecular complexity index is 502. The number of hydrogen-bond acceptors (Lipinski definition) is 3. The second kappa shape index (κ2) is 3.95. The van der Waals surface area contributed by atoms with Crippen LogP contribution >= 0.6 is 11.6 Å². The normalized spacial score (nSPS) is 10.5. The van der Waals surface area contributed by atoms with Crippen LogP contribution in [0.25, 0.3) is 11.0 Å². The van der Waals surface area contributed by atoms with Crippen molar-refractivity contribution >= 4 is 28.5 Å². The van der Waals surface area contributed by atoms with Gasteiger partial charge in [0.1, 0.15) is 11.1 Å². The zero-order valence-electron chi connectivity index (χ0n) is 8.12. The number of rotatable bonds is 2. The van der Waals surface area contributed by atoms with Gasteiger partial charge in [0.05, 0.1) is 17.9 Å². The summed E-state index contributed by atoms with van der Waals surface area (Å²) in [6.07, 6.45) is 1.50. The fourth-order valence-corrected chi connectivity index (χ4v) is 1.61. The topological polar surface area (TPSA) is 39.4 Å². The van der Waals surface area contributed by atoms with E-state index >= 15 is 0 Å². The molecular weight excluding hydrogens is 216 g/mol. The molecule has 0 unspecified atom stereocenters. The molecule has 0 amide bonds. The number of ether oxygens (including phenoxy) is 1. The Morgan fingerprint density at radius 3 is 3.00 bits per heavy atom. The van der Waals surface area contributed by atoms with Crippen molar-refractivity contribution in [2.24, 2.45) is 0 Å². The van der Waals surface area contributed by atoms with E-state index in [4.69, 9.17) is 20.8 Å². The number of esters is 1. The number of halogens is 1. The van der Waals surface area contributed by atoms with Crippen LogP contribution in [-0.2, 0) is 4.74 Å². The van der Waals surface area contributed by atoms with Gasteiger partial charge in [0, 0.05) is 5.39 Å². The number of carbonyl (C=O) groups is 1. The second-order valence-corrected chi connectivity index (χ2v) is 3.39. The maximum Gasteiger partial charge on any atom is 0.341 e. The molecule has 0 aliphatic heterocycles. The Morgan fingerprint density at radius 1 is 1.47 bits per heavy atom. The molecule has 2 aromatic rings. The number of carbonyl (C=O) groups excluding carboxylic acids is 1. The van der Waals surface area contributed by atoms with Crippen LogP contribution in [0, 0.1) is 0 Å². The second-order valence-electron chi connectivity index (χ2n) is 2.98. The van der Waals surface area contributed by atoms with Crippen molar-refractivity contribution in [1.29, 1.82) is 0 Å². The van der Waals surface area contributed by atoms with Crippen molar-refractivity contribution in [3.63, 3.8) is 0 Å². The van der Waals surface area contributed by atoms with Crippen molar-refractivity contribution in [1.82, 2.24) is 0 Å². The molecule has 0 fully saturated rings. The smallest absolute Gasteiger partial charge is 0.341 e. The molecule has 78 valence electrons. The summed E-state index contributed by atoms with van der Waals surface area (Å²) in [7, 11) is 0. The monoisotopic (exact) mass is 224 g/mol. The maximum atomic E-state index is 11.5. The van der Waals surface area contributed by atoms with Crippen LogP contribution < -0.4 is 0 Å². The molecule has 1 aromatic carbocycles. The van der Waals surface area contributed by atoms with Crippen molar-refractivity contribution < 1.29 is 13.9 Å². The molecule has 0 aliphatic rings. The predicted octanol–water partition coefficient (Wildman–Crippen LogP) is 3.26. The van der Waals surface area contributed by atoms with Gasteiger partial charge >= 0.3 is 5.97 Å². The highest BCUT2D eigenvalue weighted by Gasteiger charge is 2.15. The molecule has 3 nitrogen and oxygen atoms in total. The third-order valence-corrected chi connectivity index (χ3v) is 2.39. The van der Waals surface area contributed by atoms with Crippen LogP contribution in [0.5, 0.6) is 0 Å². The fraction of sp³-hybridized carbons (Fsp3) is 0.182. The molecule has 1 heterocycles. The van der Waals surface area contributed by atoms with E-state index in [0.717, 1.165) is 5.39 Å². The summed E-state index contributed by atoms with van der Waals surface area (Å²) in [5.41, 5.74) is 0.877. The van der Waals surface area contributed by atoms with E-state index in [1.54, 1.807) is 25.1 Å². The van der Waals surface area contributed by atoms with Gasteiger partial charge < -0.3 is 9.15 Å². The summed E-state index contributed by atoms with van der Waals surface area (Å²) in [6.45, 7) is 2.09. The Balaban J connectivity index is 2.57. The van der Waals surface area contributed by atoms with Gasteiger partial charge in [-0.3, -0.25) is 0 Å². The highest BCUT2D eigenvalue weighted by atomic mass is 35.5. The number of furan rings is 1. The van der Waals surface area contributed by atoms with Crippen molar-refractivity contribution in [3.05, 3.63) is 35.0 Å². The van der Waals surface area contributed by atoms with Gasteiger partial charge in [-0.2, -0.15) is 0 Å².